The lowest BCUT2D eigenvalue weighted by Crippen LogP contribution is -2.34. The molecular weight excluding hydrogens is 292 g/mol. The van der Waals surface area contributed by atoms with Crippen LogP contribution >= 0.6 is 0 Å². The lowest BCUT2D eigenvalue weighted by atomic mass is 9.86. The fourth-order valence-electron chi connectivity index (χ4n) is 2.93. The average molecular weight is 335 g/mol. The molecule has 0 radical (unpaired) electrons. The van der Waals surface area contributed by atoms with Gasteiger partial charge in [-0.15, -0.1) is 0 Å². The lowest BCUT2D eigenvalue weighted by Gasteiger charge is -2.30. The minimum absolute atomic E-state index is 0.264. The summed E-state index contributed by atoms with van der Waals surface area (Å²) in [5.41, 5.74) is 0. The van der Waals surface area contributed by atoms with Crippen molar-refractivity contribution in [3.05, 3.63) is 0 Å². The SMILES string of the molecule is CCC(CC(CC)OC)OC.COC(C)C(C(C)C)C(C)OC. The van der Waals surface area contributed by atoms with Gasteiger partial charge < -0.3 is 18.9 Å². The van der Waals surface area contributed by atoms with Gasteiger partial charge in [0.25, 0.3) is 0 Å². The Bertz CT molecular complexity index is 218. The fraction of sp³-hybridized carbons (Fsp3) is 1.00. The van der Waals surface area contributed by atoms with Crippen LogP contribution in [0.2, 0.25) is 0 Å². The van der Waals surface area contributed by atoms with E-state index < -0.39 is 0 Å². The predicted molar refractivity (Wildman–Crippen MR) is 98.1 cm³/mol. The largest absolute Gasteiger partial charge is 0.381 e. The van der Waals surface area contributed by atoms with Gasteiger partial charge in [0, 0.05) is 34.4 Å². The minimum Gasteiger partial charge on any atom is -0.381 e. The fourth-order valence-corrected chi connectivity index (χ4v) is 2.93. The molecule has 0 bridgehead atoms. The van der Waals surface area contributed by atoms with E-state index in [1.54, 1.807) is 28.4 Å². The Morgan fingerprint density at radius 3 is 1.13 bits per heavy atom. The van der Waals surface area contributed by atoms with Gasteiger partial charge in [-0.3, -0.25) is 0 Å². The predicted octanol–water partition coefficient (Wildman–Crippen LogP) is 4.55. The zero-order valence-corrected chi connectivity index (χ0v) is 17.2. The highest BCUT2D eigenvalue weighted by Crippen LogP contribution is 2.23. The van der Waals surface area contributed by atoms with Crippen molar-refractivity contribution in [2.45, 2.75) is 85.2 Å². The van der Waals surface area contributed by atoms with Crippen LogP contribution in [0, 0.1) is 11.8 Å². The number of ether oxygens (including phenoxy) is 4. The van der Waals surface area contributed by atoms with Crippen molar-refractivity contribution < 1.29 is 18.9 Å². The molecule has 0 aromatic heterocycles. The number of hydrogen-bond donors (Lipinski definition) is 0. The highest BCUT2D eigenvalue weighted by molar-refractivity contribution is 4.75. The highest BCUT2D eigenvalue weighted by Gasteiger charge is 2.26. The Hall–Kier alpha value is -0.160. The molecule has 0 rings (SSSR count). The number of methoxy groups -OCH3 is 4. The molecule has 0 aliphatic heterocycles. The lowest BCUT2D eigenvalue weighted by molar-refractivity contribution is -0.0362. The molecule has 0 aromatic rings. The van der Waals surface area contributed by atoms with Gasteiger partial charge >= 0.3 is 0 Å². The van der Waals surface area contributed by atoms with E-state index in [0.717, 1.165) is 19.3 Å². The summed E-state index contributed by atoms with van der Waals surface area (Å²) in [6, 6.07) is 0. The molecule has 0 saturated heterocycles. The summed E-state index contributed by atoms with van der Waals surface area (Å²) in [7, 11) is 7.03. The molecular formula is C19H42O4. The van der Waals surface area contributed by atoms with Crippen LogP contribution in [0.5, 0.6) is 0 Å². The molecule has 0 aromatic carbocycles. The molecule has 0 aliphatic carbocycles. The molecule has 23 heavy (non-hydrogen) atoms. The molecule has 0 amide bonds. The van der Waals surface area contributed by atoms with Gasteiger partial charge in [-0.05, 0) is 39.0 Å². The van der Waals surface area contributed by atoms with Crippen molar-refractivity contribution in [1.82, 2.24) is 0 Å². The van der Waals surface area contributed by atoms with Crippen molar-refractivity contribution in [3.8, 4) is 0 Å². The van der Waals surface area contributed by atoms with Crippen LogP contribution in [0.1, 0.15) is 60.8 Å². The average Bonchev–Trinajstić information content (AvgIpc) is 2.56. The van der Waals surface area contributed by atoms with Crippen molar-refractivity contribution >= 4 is 0 Å². The van der Waals surface area contributed by atoms with E-state index in [1.807, 2.05) is 0 Å². The standard InChI is InChI=1S/C10H22O2.C9H20O2/c1-7(2)10(8(3)11-5)9(4)12-6;1-5-8(10-3)7-9(6-2)11-4/h7-10H,1-6H3;8-9H,5-7H2,1-4H3. The van der Waals surface area contributed by atoms with Crippen LogP contribution in [0.3, 0.4) is 0 Å². The first kappa shape index (κ1) is 25.1. The van der Waals surface area contributed by atoms with Gasteiger partial charge in [0.15, 0.2) is 0 Å². The Morgan fingerprint density at radius 1 is 0.609 bits per heavy atom. The number of rotatable bonds is 11. The summed E-state index contributed by atoms with van der Waals surface area (Å²) < 4.78 is 21.1. The summed E-state index contributed by atoms with van der Waals surface area (Å²) >= 11 is 0. The second-order valence-corrected chi connectivity index (χ2v) is 6.47. The number of hydrogen-bond acceptors (Lipinski definition) is 4. The first-order valence-corrected chi connectivity index (χ1v) is 8.93. The second-order valence-electron chi connectivity index (χ2n) is 6.47. The summed E-state index contributed by atoms with van der Waals surface area (Å²) in [6.45, 7) is 12.9. The normalized spacial score (nSPS) is 17.9. The van der Waals surface area contributed by atoms with Crippen LogP contribution in [0.4, 0.5) is 0 Å². The van der Waals surface area contributed by atoms with Crippen LogP contribution in [0.15, 0.2) is 0 Å². The second kappa shape index (κ2) is 15.4. The first-order chi connectivity index (χ1) is 10.8. The molecule has 0 aliphatic rings. The maximum Gasteiger partial charge on any atom is 0.0598 e. The van der Waals surface area contributed by atoms with E-state index in [-0.39, 0.29) is 12.2 Å². The third-order valence-electron chi connectivity index (χ3n) is 4.70. The van der Waals surface area contributed by atoms with Gasteiger partial charge in [-0.2, -0.15) is 0 Å². The summed E-state index contributed by atoms with van der Waals surface area (Å²) in [6.07, 6.45) is 4.40. The van der Waals surface area contributed by atoms with Crippen LogP contribution in [0.25, 0.3) is 0 Å². The molecule has 4 atom stereocenters. The van der Waals surface area contributed by atoms with E-state index in [2.05, 4.69) is 41.5 Å². The summed E-state index contributed by atoms with van der Waals surface area (Å²) in [5.74, 6) is 1.06. The van der Waals surface area contributed by atoms with Gasteiger partial charge in [0.05, 0.1) is 24.4 Å². The van der Waals surface area contributed by atoms with E-state index >= 15 is 0 Å². The van der Waals surface area contributed by atoms with Crippen molar-refractivity contribution in [3.63, 3.8) is 0 Å². The summed E-state index contributed by atoms with van der Waals surface area (Å²) in [4.78, 5) is 0. The monoisotopic (exact) mass is 334 g/mol. The smallest absolute Gasteiger partial charge is 0.0598 e. The van der Waals surface area contributed by atoms with E-state index in [1.165, 1.54) is 0 Å². The third-order valence-corrected chi connectivity index (χ3v) is 4.70. The van der Waals surface area contributed by atoms with Crippen LogP contribution < -0.4 is 0 Å². The molecule has 0 heterocycles. The van der Waals surface area contributed by atoms with Crippen molar-refractivity contribution in [2.75, 3.05) is 28.4 Å². The molecule has 4 heteroatoms. The third kappa shape index (κ3) is 11.1. The minimum atomic E-state index is 0.264. The topological polar surface area (TPSA) is 36.9 Å². The zero-order chi connectivity index (χ0) is 18.4. The Morgan fingerprint density at radius 2 is 0.957 bits per heavy atom. The van der Waals surface area contributed by atoms with Gasteiger partial charge in [0.1, 0.15) is 0 Å². The maximum absolute atomic E-state index is 5.32. The highest BCUT2D eigenvalue weighted by atomic mass is 16.5. The molecule has 4 nitrogen and oxygen atoms in total. The quantitative estimate of drug-likeness (QED) is 0.555. The van der Waals surface area contributed by atoms with Gasteiger partial charge in [-0.1, -0.05) is 27.7 Å². The zero-order valence-electron chi connectivity index (χ0n) is 17.2. The van der Waals surface area contributed by atoms with Crippen LogP contribution in [-0.4, -0.2) is 52.9 Å². The first-order valence-electron chi connectivity index (χ1n) is 8.93. The van der Waals surface area contributed by atoms with Gasteiger partial charge in [-0.25, -0.2) is 0 Å². The van der Waals surface area contributed by atoms with E-state index in [0.29, 0.717) is 24.0 Å². The molecule has 142 valence electrons. The van der Waals surface area contributed by atoms with Gasteiger partial charge in [0.2, 0.25) is 0 Å². The molecule has 0 saturated carbocycles. The van der Waals surface area contributed by atoms with E-state index in [9.17, 15) is 0 Å². The Labute approximate surface area is 145 Å². The van der Waals surface area contributed by atoms with Crippen LogP contribution in [-0.2, 0) is 18.9 Å². The maximum atomic E-state index is 5.32. The van der Waals surface area contributed by atoms with E-state index in [4.69, 9.17) is 18.9 Å². The summed E-state index contributed by atoms with van der Waals surface area (Å²) in [5, 5.41) is 0. The molecule has 0 N–H and O–H groups in total. The molecule has 0 fully saturated rings. The Kier molecular flexibility index (Phi) is 16.8. The Balaban J connectivity index is 0. The van der Waals surface area contributed by atoms with Crippen molar-refractivity contribution in [1.29, 1.82) is 0 Å². The molecule has 4 unspecified atom stereocenters. The molecule has 0 spiro atoms. The van der Waals surface area contributed by atoms with Crippen molar-refractivity contribution in [2.24, 2.45) is 11.8 Å².